The molecule has 20 heteroatoms. The number of anilines is 1. The van der Waals surface area contributed by atoms with Crippen LogP contribution in [0.2, 0.25) is 5.02 Å². The number of pyridine rings is 1. The molecular formula is C40H36ClF3N8O6S2. The van der Waals surface area contributed by atoms with E-state index in [-0.39, 0.29) is 72.8 Å². The van der Waals surface area contributed by atoms with Crippen LogP contribution < -0.4 is 19.9 Å². The van der Waals surface area contributed by atoms with E-state index in [1.165, 1.54) is 41.7 Å². The van der Waals surface area contributed by atoms with Crippen LogP contribution in [0.3, 0.4) is 0 Å². The number of benzene rings is 3. The first-order valence-electron chi connectivity index (χ1n) is 18.1. The lowest BCUT2D eigenvalue weighted by molar-refractivity contribution is 0.0500. The fourth-order valence-corrected chi connectivity index (χ4v) is 8.51. The zero-order chi connectivity index (χ0) is 43.3. The summed E-state index contributed by atoms with van der Waals surface area (Å²) in [6, 6.07) is 13.5. The van der Waals surface area contributed by atoms with Gasteiger partial charge in [0, 0.05) is 31.8 Å². The first kappa shape index (κ1) is 42.1. The first-order valence-corrected chi connectivity index (χ1v) is 21.1. The van der Waals surface area contributed by atoms with Gasteiger partial charge in [-0.05, 0) is 74.4 Å². The number of ether oxygens (including phenoxy) is 2. The van der Waals surface area contributed by atoms with E-state index in [0.29, 0.717) is 17.4 Å². The number of hydrogen-bond donors (Lipinski definition) is 1. The number of nitrogens with zero attached hydrogens (tertiary/aromatic N) is 7. The lowest BCUT2D eigenvalue weighted by Gasteiger charge is -2.25. The minimum Gasteiger partial charge on any atom is -0.497 e. The number of aromatic nitrogens is 6. The Morgan fingerprint density at radius 1 is 0.983 bits per heavy atom. The molecule has 0 aliphatic carbocycles. The number of methoxy groups -OCH3 is 1. The summed E-state index contributed by atoms with van der Waals surface area (Å²) in [5.74, 6) is -2.04. The molecule has 14 nitrogen and oxygen atoms in total. The number of thiazole rings is 1. The minimum absolute atomic E-state index is 0.00427. The number of rotatable bonds is 11. The molecule has 0 fully saturated rings. The van der Waals surface area contributed by atoms with Crippen molar-refractivity contribution in [1.82, 2.24) is 34.6 Å². The number of alkyl carbamates (subject to hydrolysis) is 1. The van der Waals surface area contributed by atoms with Crippen molar-refractivity contribution in [3.63, 3.8) is 0 Å². The molecule has 312 valence electrons. The van der Waals surface area contributed by atoms with Crippen LogP contribution in [0.25, 0.3) is 37.6 Å². The Hall–Kier alpha value is -6.05. The predicted octanol–water partition coefficient (Wildman–Crippen LogP) is 7.64. The highest BCUT2D eigenvalue weighted by molar-refractivity contribution is 7.92. The summed E-state index contributed by atoms with van der Waals surface area (Å²) < 4.78 is 85.0. The summed E-state index contributed by atoms with van der Waals surface area (Å²) in [6.45, 7) is 4.76. The van der Waals surface area contributed by atoms with Crippen molar-refractivity contribution in [2.75, 3.05) is 17.7 Å². The molecule has 0 aliphatic heterocycles. The van der Waals surface area contributed by atoms with Gasteiger partial charge in [0.25, 0.3) is 5.56 Å². The Labute approximate surface area is 350 Å². The van der Waals surface area contributed by atoms with Crippen LogP contribution in [-0.4, -0.2) is 62.8 Å². The number of carbonyl (C=O) groups is 1. The monoisotopic (exact) mass is 880 g/mol. The molecule has 0 radical (unpaired) electrons. The molecule has 60 heavy (non-hydrogen) atoms. The standard InChI is InChI=1S/C40H36ClF3N8O6S2/c1-40(2,3)58-39(54)46-28(17-22-15-24(43)18-25(44)16-22)35-47-34-33(59-37(48-34)29-19-23(42)13-14-45-29)38(53)52(35)30-12-11-27(41)31-32(30)50(4)49-36(31)51(60(6,55)56)20-21-7-9-26(57-5)10-8-21/h7-16,18-19,28H,17,20H2,1-6H3,(H,46,54)/t28-/m0/s1. The van der Waals surface area contributed by atoms with Crippen LogP contribution in [0.15, 0.2) is 77.7 Å². The number of fused-ring (bicyclic) bond motifs is 2. The molecule has 0 aliphatic rings. The third-order valence-electron chi connectivity index (χ3n) is 9.02. The Bertz CT molecular complexity index is 2950. The van der Waals surface area contributed by atoms with Crippen molar-refractivity contribution in [3.8, 4) is 22.1 Å². The molecule has 7 rings (SSSR count). The van der Waals surface area contributed by atoms with Crippen LogP contribution in [0.1, 0.15) is 43.8 Å². The predicted molar refractivity (Wildman–Crippen MR) is 222 cm³/mol. The lowest BCUT2D eigenvalue weighted by Crippen LogP contribution is -2.39. The van der Waals surface area contributed by atoms with Gasteiger partial charge in [-0.25, -0.2) is 40.7 Å². The van der Waals surface area contributed by atoms with Gasteiger partial charge in [0.2, 0.25) is 10.0 Å². The molecular weight excluding hydrogens is 845 g/mol. The van der Waals surface area contributed by atoms with Crippen molar-refractivity contribution >= 4 is 66.1 Å². The van der Waals surface area contributed by atoms with Crippen LogP contribution in [0.5, 0.6) is 5.75 Å². The summed E-state index contributed by atoms with van der Waals surface area (Å²) >= 11 is 7.76. The molecule has 1 N–H and O–H groups in total. The van der Waals surface area contributed by atoms with Gasteiger partial charge >= 0.3 is 6.09 Å². The van der Waals surface area contributed by atoms with E-state index in [1.54, 1.807) is 45.0 Å². The van der Waals surface area contributed by atoms with Gasteiger partial charge in [0.15, 0.2) is 11.5 Å². The van der Waals surface area contributed by atoms with E-state index in [4.69, 9.17) is 26.1 Å². The molecule has 7 aromatic rings. The topological polar surface area (TPSA) is 163 Å². The molecule has 1 atom stereocenters. The molecule has 4 heterocycles. The summed E-state index contributed by atoms with van der Waals surface area (Å²) in [7, 11) is -0.997. The van der Waals surface area contributed by atoms with Gasteiger partial charge in [-0.15, -0.1) is 11.3 Å². The van der Waals surface area contributed by atoms with Gasteiger partial charge in [-0.3, -0.25) is 19.0 Å². The zero-order valence-electron chi connectivity index (χ0n) is 32.8. The highest BCUT2D eigenvalue weighted by atomic mass is 35.5. The Balaban J connectivity index is 1.51. The van der Waals surface area contributed by atoms with Crippen LogP contribution in [0, 0.1) is 17.5 Å². The van der Waals surface area contributed by atoms with Crippen LogP contribution in [0.4, 0.5) is 23.8 Å². The summed E-state index contributed by atoms with van der Waals surface area (Å²) in [6.07, 6.45) is 1.00. The van der Waals surface area contributed by atoms with E-state index in [0.717, 1.165) is 46.2 Å². The Kier molecular flexibility index (Phi) is 11.4. The van der Waals surface area contributed by atoms with Crippen LogP contribution in [-0.2, 0) is 34.8 Å². The maximum Gasteiger partial charge on any atom is 0.408 e. The maximum absolute atomic E-state index is 15.0. The molecule has 0 bridgehead atoms. The second-order valence-electron chi connectivity index (χ2n) is 14.7. The number of aryl methyl sites for hydroxylation is 1. The first-order chi connectivity index (χ1) is 28.3. The number of hydrogen-bond acceptors (Lipinski definition) is 11. The molecule has 0 unspecified atom stereocenters. The average molecular weight is 881 g/mol. The number of amides is 1. The number of carbonyl (C=O) groups excluding carboxylic acids is 1. The summed E-state index contributed by atoms with van der Waals surface area (Å²) in [5.41, 5.74) is -0.741. The fraction of sp³-hybridized carbons (Fsp3) is 0.250. The van der Waals surface area contributed by atoms with E-state index in [1.807, 2.05) is 0 Å². The fourth-order valence-electron chi connectivity index (χ4n) is 6.55. The smallest absolute Gasteiger partial charge is 0.408 e. The van der Waals surface area contributed by atoms with E-state index in [2.05, 4.69) is 20.4 Å². The number of halogens is 4. The maximum atomic E-state index is 15.0. The minimum atomic E-state index is -4.03. The van der Waals surface area contributed by atoms with Crippen molar-refractivity contribution < 1.29 is 35.9 Å². The highest BCUT2D eigenvalue weighted by Gasteiger charge is 2.32. The van der Waals surface area contributed by atoms with Crippen molar-refractivity contribution in [3.05, 3.63) is 123 Å². The number of sulfonamides is 1. The third-order valence-corrected chi connectivity index (χ3v) is 11.5. The summed E-state index contributed by atoms with van der Waals surface area (Å²) in [4.78, 5) is 42.0. The van der Waals surface area contributed by atoms with Crippen molar-refractivity contribution in [2.45, 2.75) is 45.4 Å². The lowest BCUT2D eigenvalue weighted by atomic mass is 10.0. The molecule has 0 saturated heterocycles. The van der Waals surface area contributed by atoms with Gasteiger partial charge < -0.3 is 14.8 Å². The number of nitrogens with one attached hydrogen (secondary N) is 1. The van der Waals surface area contributed by atoms with Crippen LogP contribution >= 0.6 is 22.9 Å². The quantitative estimate of drug-likeness (QED) is 0.137. The van der Waals surface area contributed by atoms with Gasteiger partial charge in [0.05, 0.1) is 47.6 Å². The molecule has 0 saturated carbocycles. The Morgan fingerprint density at radius 2 is 1.68 bits per heavy atom. The second-order valence-corrected chi connectivity index (χ2v) is 18.0. The van der Waals surface area contributed by atoms with E-state index in [9.17, 15) is 26.4 Å². The SMILES string of the molecule is COc1ccc(CN(c2nn(C)c3c(-n4c([C@H](Cc5cc(F)cc(F)c5)NC(=O)OC(C)(C)C)nc5nc(-c6cc(F)ccn6)sc5c4=O)ccc(Cl)c23)S(C)(=O)=O)cc1. The highest BCUT2D eigenvalue weighted by Crippen LogP contribution is 2.39. The normalized spacial score (nSPS) is 12.5. The summed E-state index contributed by atoms with van der Waals surface area (Å²) in [5, 5.41) is 7.71. The average Bonchev–Trinajstić information content (AvgIpc) is 3.75. The molecule has 3 aromatic carbocycles. The Morgan fingerprint density at radius 3 is 2.32 bits per heavy atom. The second kappa shape index (κ2) is 16.2. The van der Waals surface area contributed by atoms with Gasteiger partial charge in [-0.1, -0.05) is 23.7 Å². The largest absolute Gasteiger partial charge is 0.497 e. The van der Waals surface area contributed by atoms with Gasteiger partial charge in [-0.2, -0.15) is 5.10 Å². The van der Waals surface area contributed by atoms with Crippen molar-refractivity contribution in [2.24, 2.45) is 7.05 Å². The third kappa shape index (κ3) is 8.78. The van der Waals surface area contributed by atoms with E-state index < -0.39 is 50.8 Å². The van der Waals surface area contributed by atoms with Crippen molar-refractivity contribution in [1.29, 1.82) is 0 Å². The molecule has 0 spiro atoms. The molecule has 1 amide bonds. The van der Waals surface area contributed by atoms with Gasteiger partial charge in [0.1, 0.15) is 50.0 Å². The molecule has 4 aromatic heterocycles. The zero-order valence-corrected chi connectivity index (χ0v) is 35.2. The van der Waals surface area contributed by atoms with E-state index >= 15 is 4.79 Å².